The molecule has 0 fully saturated rings. The molecule has 0 unspecified atom stereocenters. The first-order valence-electron chi connectivity index (χ1n) is 10.8. The highest BCUT2D eigenvalue weighted by Crippen LogP contribution is 2.36. The summed E-state index contributed by atoms with van der Waals surface area (Å²) in [5.74, 6) is -0.212. The van der Waals surface area contributed by atoms with Crippen molar-refractivity contribution in [1.29, 1.82) is 0 Å². The molecule has 8 nitrogen and oxygen atoms in total. The highest BCUT2D eigenvalue weighted by Gasteiger charge is 2.39. The molecule has 0 spiro atoms. The van der Waals surface area contributed by atoms with Crippen molar-refractivity contribution < 1.29 is 19.3 Å². The summed E-state index contributed by atoms with van der Waals surface area (Å²) in [6.07, 6.45) is -0.641. The second kappa shape index (κ2) is 10.3. The Hall–Kier alpha value is -3.34. The van der Waals surface area contributed by atoms with E-state index in [4.69, 9.17) is 26.5 Å². The van der Waals surface area contributed by atoms with Gasteiger partial charge in [0.25, 0.3) is 6.17 Å². The number of aliphatic carboxylic acids is 1. The van der Waals surface area contributed by atoms with Gasteiger partial charge >= 0.3 is 17.2 Å². The molecule has 1 aliphatic heterocycles. The average Bonchev–Trinajstić information content (AvgIpc) is 2.86. The first-order chi connectivity index (χ1) is 17.4. The molecule has 0 aliphatic carbocycles. The number of halogens is 2. The molecule has 0 amide bonds. The van der Waals surface area contributed by atoms with Crippen molar-refractivity contribution in [1.82, 2.24) is 10.1 Å². The third kappa shape index (κ3) is 4.97. The zero-order chi connectivity index (χ0) is 25.2. The number of carbonyl (C=O) groups is 1. The van der Waals surface area contributed by atoms with Crippen LogP contribution < -0.4 is 20.3 Å². The van der Waals surface area contributed by atoms with Gasteiger partial charge in [-0.15, -0.1) is 0 Å². The Bertz CT molecular complexity index is 1530. The van der Waals surface area contributed by atoms with Crippen LogP contribution in [0.5, 0.6) is 5.75 Å². The molecule has 0 bridgehead atoms. The molecule has 1 aliphatic rings. The van der Waals surface area contributed by atoms with E-state index >= 15 is 0 Å². The zero-order valence-electron chi connectivity index (χ0n) is 18.6. The van der Waals surface area contributed by atoms with Crippen LogP contribution in [0.15, 0.2) is 81.2 Å². The number of ether oxygens (including phenoxy) is 1. The Morgan fingerprint density at radius 3 is 2.75 bits per heavy atom. The van der Waals surface area contributed by atoms with Gasteiger partial charge in [-0.2, -0.15) is 0 Å². The van der Waals surface area contributed by atoms with Crippen molar-refractivity contribution in [2.24, 2.45) is 0 Å². The Kier molecular flexibility index (Phi) is 6.99. The Labute approximate surface area is 223 Å². The summed E-state index contributed by atoms with van der Waals surface area (Å²) in [7, 11) is 0. The molecule has 182 valence electrons. The summed E-state index contributed by atoms with van der Waals surface area (Å²) in [5.41, 5.74) is 3.07. The first-order valence-corrected chi connectivity index (χ1v) is 13.0. The van der Waals surface area contributed by atoms with Gasteiger partial charge in [-0.3, -0.25) is 9.78 Å². The summed E-state index contributed by atoms with van der Waals surface area (Å²) in [6.45, 7) is -0.503. The molecule has 1 atom stereocenters. The van der Waals surface area contributed by atoms with Crippen LogP contribution in [0.2, 0.25) is 5.02 Å². The summed E-state index contributed by atoms with van der Waals surface area (Å²) >= 11 is 11.1. The van der Waals surface area contributed by atoms with Crippen molar-refractivity contribution in [2.45, 2.75) is 17.1 Å². The third-order valence-corrected chi connectivity index (χ3v) is 7.30. The van der Waals surface area contributed by atoms with Crippen molar-refractivity contribution in [3.63, 3.8) is 0 Å². The first kappa shape index (κ1) is 24.4. The minimum atomic E-state index is -1.09. The highest BCUT2D eigenvalue weighted by atomic mass is 79.9. The number of hydrogen-bond acceptors (Lipinski definition) is 6. The lowest BCUT2D eigenvalue weighted by Crippen LogP contribution is -2.55. The van der Waals surface area contributed by atoms with E-state index in [-0.39, 0.29) is 5.56 Å². The van der Waals surface area contributed by atoms with Gasteiger partial charge in [0.1, 0.15) is 5.75 Å². The minimum absolute atomic E-state index is 0.298. The van der Waals surface area contributed by atoms with Gasteiger partial charge < -0.3 is 15.2 Å². The predicted octanol–water partition coefficient (Wildman–Crippen LogP) is 4.87. The number of carboxylic acid groups (broad SMARTS) is 1. The van der Waals surface area contributed by atoms with E-state index in [0.29, 0.717) is 38.5 Å². The predicted molar refractivity (Wildman–Crippen MR) is 141 cm³/mol. The second-order valence-electron chi connectivity index (χ2n) is 7.89. The number of nitrogens with zero attached hydrogens (tertiary/aromatic N) is 2. The topological polar surface area (TPSA) is 108 Å². The lowest BCUT2D eigenvalue weighted by atomic mass is 10.0. The maximum absolute atomic E-state index is 13.4. The fourth-order valence-corrected chi connectivity index (χ4v) is 5.44. The maximum Gasteiger partial charge on any atom is 0.341 e. The number of rotatable bonds is 7. The van der Waals surface area contributed by atoms with Crippen molar-refractivity contribution in [3.05, 3.63) is 97.7 Å². The van der Waals surface area contributed by atoms with Crippen molar-refractivity contribution in [3.8, 4) is 17.0 Å². The Balaban J connectivity index is 1.61. The molecule has 11 heteroatoms. The van der Waals surface area contributed by atoms with Crippen LogP contribution in [0.3, 0.4) is 0 Å². The molecule has 3 N–H and O–H groups in total. The second-order valence-corrected chi connectivity index (χ2v) is 10.2. The van der Waals surface area contributed by atoms with Crippen molar-refractivity contribution >= 4 is 50.9 Å². The van der Waals surface area contributed by atoms with Crippen LogP contribution in [-0.2, 0) is 10.5 Å². The standard InChI is InChI=1S/C25H18BrClN4O4S/c26-15-9-10-20(35-12-21(32)33)17(11-15)23-28-19-8-4-2-6-16(19)22-24(34)29-25(30-31(22)23)36-13-14-5-1-3-7-18(14)27/h1-11,23H,12-13H2,(H2,29,30,32,33,34)/p+1/t23-/m1/s1. The smallest absolute Gasteiger partial charge is 0.341 e. The van der Waals surface area contributed by atoms with Crippen molar-refractivity contribution in [2.75, 3.05) is 11.9 Å². The molecule has 5 rings (SSSR count). The number of anilines is 1. The summed E-state index contributed by atoms with van der Waals surface area (Å²) in [6, 6.07) is 20.2. The van der Waals surface area contributed by atoms with E-state index in [1.165, 1.54) is 11.8 Å². The molecular formula is C25H19BrClN4O4S+. The van der Waals surface area contributed by atoms with Gasteiger partial charge in [0.15, 0.2) is 6.61 Å². The van der Waals surface area contributed by atoms with Crippen LogP contribution in [0.25, 0.3) is 11.3 Å². The number of nitrogens with one attached hydrogen (secondary N) is 2. The van der Waals surface area contributed by atoms with Gasteiger partial charge in [0.2, 0.25) is 5.16 Å². The SMILES string of the molecule is O=C(O)COc1ccc(Br)cc1[C@@H]1Nc2ccccc2-c2c(=O)[nH]c(SCc3ccccc3Cl)n[n+]21. The number of fused-ring (bicyclic) bond motifs is 3. The van der Waals surface area contributed by atoms with Crippen LogP contribution in [0.1, 0.15) is 17.3 Å². The third-order valence-electron chi connectivity index (χ3n) is 5.52. The van der Waals surface area contributed by atoms with Crippen LogP contribution in [0.4, 0.5) is 5.69 Å². The van der Waals surface area contributed by atoms with Crippen LogP contribution in [0, 0.1) is 0 Å². The molecule has 36 heavy (non-hydrogen) atoms. The van der Waals surface area contributed by atoms with Crippen LogP contribution >= 0.6 is 39.3 Å². The summed E-state index contributed by atoms with van der Waals surface area (Å²) in [5, 5.41) is 18.4. The normalized spacial score (nSPS) is 13.9. The van der Waals surface area contributed by atoms with Gasteiger partial charge in [-0.1, -0.05) is 69.6 Å². The zero-order valence-corrected chi connectivity index (χ0v) is 21.7. The van der Waals surface area contributed by atoms with Gasteiger partial charge in [0.05, 0.1) is 16.8 Å². The molecule has 3 aromatic carbocycles. The van der Waals surface area contributed by atoms with Gasteiger partial charge in [-0.05, 0) is 46.6 Å². The monoisotopic (exact) mass is 585 g/mol. The number of aromatic nitrogens is 3. The number of hydrogen-bond donors (Lipinski definition) is 3. The van der Waals surface area contributed by atoms with E-state index in [1.54, 1.807) is 16.8 Å². The molecular weight excluding hydrogens is 568 g/mol. The molecule has 1 aromatic heterocycles. The maximum atomic E-state index is 13.4. The minimum Gasteiger partial charge on any atom is -0.481 e. The number of thioether (sulfide) groups is 1. The number of para-hydroxylation sites is 1. The number of H-pyrrole nitrogens is 1. The van der Waals surface area contributed by atoms with Gasteiger partial charge in [-0.25, -0.2) is 4.79 Å². The Morgan fingerprint density at radius 1 is 1.17 bits per heavy atom. The molecule has 0 radical (unpaired) electrons. The summed E-state index contributed by atoms with van der Waals surface area (Å²) < 4.78 is 7.96. The molecule has 4 aromatic rings. The highest BCUT2D eigenvalue weighted by molar-refractivity contribution is 9.10. The number of benzene rings is 3. The molecule has 2 heterocycles. The number of aromatic amines is 1. The van der Waals surface area contributed by atoms with E-state index in [2.05, 4.69) is 26.2 Å². The molecule has 0 saturated heterocycles. The lowest BCUT2D eigenvalue weighted by Gasteiger charge is -2.23. The Morgan fingerprint density at radius 2 is 1.94 bits per heavy atom. The van der Waals surface area contributed by atoms with Crippen LogP contribution in [-0.4, -0.2) is 27.8 Å². The van der Waals surface area contributed by atoms with E-state index in [9.17, 15) is 9.59 Å². The number of carboxylic acids is 1. The largest absolute Gasteiger partial charge is 0.481 e. The quantitative estimate of drug-likeness (QED) is 0.210. The fraction of sp³-hybridized carbons (Fsp3) is 0.120. The lowest BCUT2D eigenvalue weighted by molar-refractivity contribution is -0.759. The fourth-order valence-electron chi connectivity index (χ4n) is 3.93. The van der Waals surface area contributed by atoms with Gasteiger partial charge in [0, 0.05) is 20.3 Å². The summed E-state index contributed by atoms with van der Waals surface area (Å²) in [4.78, 5) is 27.4. The molecule has 0 saturated carbocycles. The van der Waals surface area contributed by atoms with E-state index in [0.717, 1.165) is 15.7 Å². The van der Waals surface area contributed by atoms with E-state index < -0.39 is 18.7 Å². The average molecular weight is 587 g/mol. The van der Waals surface area contributed by atoms with E-state index in [1.807, 2.05) is 54.6 Å².